The van der Waals surface area contributed by atoms with Crippen LogP contribution < -0.4 is 4.74 Å². The van der Waals surface area contributed by atoms with E-state index in [2.05, 4.69) is 9.55 Å². The number of pyridine rings is 1. The van der Waals surface area contributed by atoms with E-state index in [0.717, 1.165) is 37.4 Å². The summed E-state index contributed by atoms with van der Waals surface area (Å²) >= 11 is 0. The first-order chi connectivity index (χ1) is 13.5. The smallest absolute Gasteiger partial charge is 0.344 e. The molecule has 0 aliphatic carbocycles. The maximum atomic E-state index is 12.6. The molecule has 0 amide bonds. The van der Waals surface area contributed by atoms with E-state index >= 15 is 0 Å². The standard InChI is InChI=1S/C21H26N2O5/c1-4-26-20-17(8-5-9-22-20)21(25)28-13-19(24)18-11-14(2)23(15(18)3)12-16-7-6-10-27-16/h5,8-9,11,16H,4,6-7,10,12-13H2,1-3H3. The van der Waals surface area contributed by atoms with Gasteiger partial charge in [-0.1, -0.05) is 0 Å². The molecule has 0 aromatic carbocycles. The topological polar surface area (TPSA) is 79.7 Å². The Hall–Kier alpha value is -2.67. The van der Waals surface area contributed by atoms with E-state index in [-0.39, 0.29) is 29.9 Å². The summed E-state index contributed by atoms with van der Waals surface area (Å²) in [6, 6.07) is 5.04. The van der Waals surface area contributed by atoms with Gasteiger partial charge < -0.3 is 18.8 Å². The average molecular weight is 386 g/mol. The quantitative estimate of drug-likeness (QED) is 0.512. The molecule has 0 bridgehead atoms. The van der Waals surface area contributed by atoms with Crippen LogP contribution >= 0.6 is 0 Å². The maximum Gasteiger partial charge on any atom is 0.344 e. The zero-order valence-electron chi connectivity index (χ0n) is 16.6. The molecule has 2 aromatic heterocycles. The van der Waals surface area contributed by atoms with Crippen LogP contribution in [0.3, 0.4) is 0 Å². The van der Waals surface area contributed by atoms with Crippen LogP contribution in [0.15, 0.2) is 24.4 Å². The number of carbonyl (C=O) groups excluding carboxylic acids is 2. The van der Waals surface area contributed by atoms with E-state index in [0.29, 0.717) is 12.2 Å². The van der Waals surface area contributed by atoms with E-state index in [4.69, 9.17) is 14.2 Å². The molecule has 2 aromatic rings. The molecule has 1 fully saturated rings. The predicted molar refractivity (Wildman–Crippen MR) is 103 cm³/mol. The monoisotopic (exact) mass is 386 g/mol. The van der Waals surface area contributed by atoms with Crippen molar-refractivity contribution in [3.63, 3.8) is 0 Å². The van der Waals surface area contributed by atoms with Gasteiger partial charge in [-0.05, 0) is 51.8 Å². The highest BCUT2D eigenvalue weighted by Gasteiger charge is 2.22. The van der Waals surface area contributed by atoms with E-state index in [9.17, 15) is 9.59 Å². The molecule has 1 saturated heterocycles. The molecule has 1 aliphatic rings. The highest BCUT2D eigenvalue weighted by atomic mass is 16.5. The van der Waals surface area contributed by atoms with Crippen molar-refractivity contribution >= 4 is 11.8 Å². The number of aryl methyl sites for hydroxylation is 1. The fourth-order valence-electron chi connectivity index (χ4n) is 3.44. The van der Waals surface area contributed by atoms with Crippen LogP contribution in [0, 0.1) is 13.8 Å². The Balaban J connectivity index is 1.66. The third-order valence-corrected chi connectivity index (χ3v) is 4.89. The number of ether oxygens (including phenoxy) is 3. The fourth-order valence-corrected chi connectivity index (χ4v) is 3.44. The molecule has 28 heavy (non-hydrogen) atoms. The molecular formula is C21H26N2O5. The highest BCUT2D eigenvalue weighted by Crippen LogP contribution is 2.21. The first-order valence-corrected chi connectivity index (χ1v) is 9.57. The molecule has 1 unspecified atom stereocenters. The van der Waals surface area contributed by atoms with Gasteiger partial charge in [-0.3, -0.25) is 4.79 Å². The second-order valence-corrected chi connectivity index (χ2v) is 6.82. The van der Waals surface area contributed by atoms with Gasteiger partial charge in [0.05, 0.1) is 12.7 Å². The molecular weight excluding hydrogens is 360 g/mol. The number of aromatic nitrogens is 2. The van der Waals surface area contributed by atoms with E-state index in [1.54, 1.807) is 19.1 Å². The number of esters is 1. The number of nitrogens with zero attached hydrogens (tertiary/aromatic N) is 2. The van der Waals surface area contributed by atoms with Crippen molar-refractivity contribution in [1.29, 1.82) is 0 Å². The largest absolute Gasteiger partial charge is 0.477 e. The minimum absolute atomic E-state index is 0.188. The number of ketones is 1. The number of rotatable bonds is 8. The minimum Gasteiger partial charge on any atom is -0.477 e. The molecule has 7 heteroatoms. The lowest BCUT2D eigenvalue weighted by atomic mass is 10.1. The molecule has 3 rings (SSSR count). The second-order valence-electron chi connectivity index (χ2n) is 6.82. The van der Waals surface area contributed by atoms with Gasteiger partial charge in [0, 0.05) is 36.3 Å². The lowest BCUT2D eigenvalue weighted by molar-refractivity contribution is 0.0469. The van der Waals surface area contributed by atoms with Crippen molar-refractivity contribution in [3.05, 3.63) is 46.9 Å². The summed E-state index contributed by atoms with van der Waals surface area (Å²) in [5.74, 6) is -0.655. The van der Waals surface area contributed by atoms with Crippen LogP contribution in [0.4, 0.5) is 0 Å². The summed E-state index contributed by atoms with van der Waals surface area (Å²) in [5, 5.41) is 0. The van der Waals surface area contributed by atoms with Gasteiger partial charge in [0.2, 0.25) is 11.7 Å². The highest BCUT2D eigenvalue weighted by molar-refractivity contribution is 6.00. The summed E-state index contributed by atoms with van der Waals surface area (Å²) in [4.78, 5) is 29.0. The van der Waals surface area contributed by atoms with Crippen molar-refractivity contribution in [2.24, 2.45) is 0 Å². The zero-order valence-corrected chi connectivity index (χ0v) is 16.6. The van der Waals surface area contributed by atoms with Gasteiger partial charge in [-0.2, -0.15) is 0 Å². The molecule has 0 spiro atoms. The summed E-state index contributed by atoms with van der Waals surface area (Å²) in [5.41, 5.74) is 2.64. The van der Waals surface area contributed by atoms with Gasteiger partial charge in [0.25, 0.3) is 0 Å². The third-order valence-electron chi connectivity index (χ3n) is 4.89. The third kappa shape index (κ3) is 4.42. The zero-order chi connectivity index (χ0) is 20.1. The Kier molecular flexibility index (Phi) is 6.46. The molecule has 0 N–H and O–H groups in total. The van der Waals surface area contributed by atoms with E-state index in [1.165, 1.54) is 6.20 Å². The molecule has 0 saturated carbocycles. The van der Waals surface area contributed by atoms with Gasteiger partial charge in [-0.15, -0.1) is 0 Å². The molecule has 7 nitrogen and oxygen atoms in total. The lowest BCUT2D eigenvalue weighted by Crippen LogP contribution is -2.18. The molecule has 1 atom stereocenters. The Labute approximate surface area is 164 Å². The van der Waals surface area contributed by atoms with Gasteiger partial charge in [-0.25, -0.2) is 9.78 Å². The molecule has 150 valence electrons. The normalized spacial score (nSPS) is 16.2. The summed E-state index contributed by atoms with van der Waals surface area (Å²) in [6.45, 7) is 7.26. The van der Waals surface area contributed by atoms with Crippen molar-refractivity contribution < 1.29 is 23.8 Å². The van der Waals surface area contributed by atoms with Crippen LogP contribution in [-0.4, -0.2) is 47.2 Å². The Morgan fingerprint density at radius 1 is 1.32 bits per heavy atom. The van der Waals surface area contributed by atoms with Crippen LogP contribution in [-0.2, 0) is 16.0 Å². The molecule has 0 radical (unpaired) electrons. The number of hydrogen-bond donors (Lipinski definition) is 0. The predicted octanol–water partition coefficient (Wildman–Crippen LogP) is 3.12. The summed E-state index contributed by atoms with van der Waals surface area (Å²) in [7, 11) is 0. The van der Waals surface area contributed by atoms with E-state index < -0.39 is 5.97 Å². The first kappa shape index (κ1) is 20.1. The Morgan fingerprint density at radius 3 is 2.86 bits per heavy atom. The van der Waals surface area contributed by atoms with Crippen LogP contribution in [0.2, 0.25) is 0 Å². The number of hydrogen-bond acceptors (Lipinski definition) is 6. The maximum absolute atomic E-state index is 12.6. The van der Waals surface area contributed by atoms with E-state index in [1.807, 2.05) is 19.9 Å². The summed E-state index contributed by atoms with van der Waals surface area (Å²) < 4.78 is 18.4. The molecule has 3 heterocycles. The van der Waals surface area contributed by atoms with Crippen molar-refractivity contribution in [2.45, 2.75) is 46.3 Å². The first-order valence-electron chi connectivity index (χ1n) is 9.57. The van der Waals surface area contributed by atoms with Crippen LogP contribution in [0.25, 0.3) is 0 Å². The van der Waals surface area contributed by atoms with Crippen molar-refractivity contribution in [2.75, 3.05) is 19.8 Å². The van der Waals surface area contributed by atoms with Crippen molar-refractivity contribution in [3.8, 4) is 5.88 Å². The van der Waals surface area contributed by atoms with Gasteiger partial charge in [0.1, 0.15) is 5.56 Å². The van der Waals surface area contributed by atoms with Crippen LogP contribution in [0.5, 0.6) is 5.88 Å². The Morgan fingerprint density at radius 2 is 2.14 bits per heavy atom. The fraction of sp³-hybridized carbons (Fsp3) is 0.476. The average Bonchev–Trinajstić information content (AvgIpc) is 3.30. The van der Waals surface area contributed by atoms with Crippen molar-refractivity contribution in [1.82, 2.24) is 9.55 Å². The number of Topliss-reactive ketones (excluding diaryl/α,β-unsaturated/α-hetero) is 1. The van der Waals surface area contributed by atoms with Crippen LogP contribution in [0.1, 0.15) is 51.9 Å². The second kappa shape index (κ2) is 9.01. The van der Waals surface area contributed by atoms with Gasteiger partial charge >= 0.3 is 5.97 Å². The Bertz CT molecular complexity index is 852. The van der Waals surface area contributed by atoms with Gasteiger partial charge in [0.15, 0.2) is 6.61 Å². The number of carbonyl (C=O) groups is 2. The SMILES string of the molecule is CCOc1ncccc1C(=O)OCC(=O)c1cc(C)n(CC2CCCO2)c1C. The lowest BCUT2D eigenvalue weighted by Gasteiger charge is -2.14. The minimum atomic E-state index is -0.627. The summed E-state index contributed by atoms with van der Waals surface area (Å²) in [6.07, 6.45) is 3.83. The molecule has 1 aliphatic heterocycles.